The third-order valence-corrected chi connectivity index (χ3v) is 2.74. The lowest BCUT2D eigenvalue weighted by Crippen LogP contribution is -2.08. The largest absolute Gasteiger partial charge is 0.492 e. The minimum atomic E-state index is -4.40. The SMILES string of the molecule is CCOc1ccc(C(F)(F)F)cc1NCc1cc(C)on1. The van der Waals surface area contributed by atoms with Gasteiger partial charge in [-0.25, -0.2) is 0 Å². The highest BCUT2D eigenvalue weighted by molar-refractivity contribution is 5.58. The average Bonchev–Trinajstić information content (AvgIpc) is 2.82. The third kappa shape index (κ3) is 3.90. The Bertz CT molecular complexity index is 609. The molecule has 4 nitrogen and oxygen atoms in total. The summed E-state index contributed by atoms with van der Waals surface area (Å²) in [6, 6.07) is 5.04. The molecule has 21 heavy (non-hydrogen) atoms. The molecule has 0 atom stereocenters. The summed E-state index contributed by atoms with van der Waals surface area (Å²) in [5, 5.41) is 6.67. The molecule has 0 bridgehead atoms. The van der Waals surface area contributed by atoms with Crippen LogP contribution in [0, 0.1) is 6.92 Å². The number of hydrogen-bond donors (Lipinski definition) is 1. The van der Waals surface area contributed by atoms with Crippen molar-refractivity contribution in [2.24, 2.45) is 0 Å². The molecule has 1 heterocycles. The van der Waals surface area contributed by atoms with Crippen molar-refractivity contribution in [2.45, 2.75) is 26.6 Å². The molecule has 0 aliphatic heterocycles. The van der Waals surface area contributed by atoms with E-state index >= 15 is 0 Å². The Morgan fingerprint density at radius 3 is 2.62 bits per heavy atom. The topological polar surface area (TPSA) is 47.3 Å². The van der Waals surface area contributed by atoms with E-state index in [-0.39, 0.29) is 12.2 Å². The summed E-state index contributed by atoms with van der Waals surface area (Å²) in [5.74, 6) is 1.01. The van der Waals surface area contributed by atoms with Gasteiger partial charge in [0.05, 0.1) is 24.4 Å². The van der Waals surface area contributed by atoms with E-state index in [2.05, 4.69) is 10.5 Å². The van der Waals surface area contributed by atoms with Crippen LogP contribution in [0.5, 0.6) is 5.75 Å². The third-order valence-electron chi connectivity index (χ3n) is 2.74. The van der Waals surface area contributed by atoms with E-state index in [0.29, 0.717) is 23.8 Å². The summed E-state index contributed by atoms with van der Waals surface area (Å²) in [5.41, 5.74) is 0.143. The van der Waals surface area contributed by atoms with Gasteiger partial charge >= 0.3 is 6.18 Å². The highest BCUT2D eigenvalue weighted by Gasteiger charge is 2.31. The summed E-state index contributed by atoms with van der Waals surface area (Å²) >= 11 is 0. The molecule has 2 aromatic rings. The van der Waals surface area contributed by atoms with E-state index in [1.807, 2.05) is 0 Å². The van der Waals surface area contributed by atoms with Gasteiger partial charge in [0.15, 0.2) is 0 Å². The fourth-order valence-electron chi connectivity index (χ4n) is 1.81. The Kier molecular flexibility index (Phi) is 4.40. The molecule has 0 aliphatic carbocycles. The Morgan fingerprint density at radius 1 is 1.29 bits per heavy atom. The number of aromatic nitrogens is 1. The number of nitrogens with zero attached hydrogens (tertiary/aromatic N) is 1. The first-order chi connectivity index (χ1) is 9.90. The molecule has 7 heteroatoms. The van der Waals surface area contributed by atoms with Gasteiger partial charge in [-0.3, -0.25) is 0 Å². The number of benzene rings is 1. The normalized spacial score (nSPS) is 11.5. The van der Waals surface area contributed by atoms with E-state index in [1.165, 1.54) is 6.07 Å². The number of rotatable bonds is 5. The fraction of sp³-hybridized carbons (Fsp3) is 0.357. The predicted octanol–water partition coefficient (Wildman–Crippen LogP) is 4.01. The lowest BCUT2D eigenvalue weighted by Gasteiger charge is -2.14. The summed E-state index contributed by atoms with van der Waals surface area (Å²) in [6.45, 7) is 4.12. The van der Waals surface area contributed by atoms with Crippen LogP contribution in [0.15, 0.2) is 28.8 Å². The van der Waals surface area contributed by atoms with Crippen molar-refractivity contribution >= 4 is 5.69 Å². The van der Waals surface area contributed by atoms with Crippen LogP contribution in [0.25, 0.3) is 0 Å². The highest BCUT2D eigenvalue weighted by atomic mass is 19.4. The zero-order chi connectivity index (χ0) is 15.5. The highest BCUT2D eigenvalue weighted by Crippen LogP contribution is 2.35. The Labute approximate surface area is 119 Å². The molecule has 0 fully saturated rings. The van der Waals surface area contributed by atoms with Gasteiger partial charge < -0.3 is 14.6 Å². The molecule has 0 spiro atoms. The second-order valence-electron chi connectivity index (χ2n) is 4.42. The zero-order valence-electron chi connectivity index (χ0n) is 11.6. The van der Waals surface area contributed by atoms with Crippen LogP contribution in [-0.2, 0) is 12.7 Å². The quantitative estimate of drug-likeness (QED) is 0.906. The summed E-state index contributed by atoms with van der Waals surface area (Å²) in [4.78, 5) is 0. The van der Waals surface area contributed by atoms with Crippen LogP contribution in [0.3, 0.4) is 0 Å². The number of halogens is 3. The zero-order valence-corrected chi connectivity index (χ0v) is 11.6. The maximum atomic E-state index is 12.8. The molecule has 1 N–H and O–H groups in total. The summed E-state index contributed by atoms with van der Waals surface area (Å²) in [7, 11) is 0. The number of alkyl halides is 3. The van der Waals surface area contributed by atoms with E-state index in [9.17, 15) is 13.2 Å². The van der Waals surface area contributed by atoms with Gasteiger partial charge in [-0.15, -0.1) is 0 Å². The van der Waals surface area contributed by atoms with Crippen molar-refractivity contribution in [1.82, 2.24) is 5.16 Å². The maximum absolute atomic E-state index is 12.8. The molecule has 0 saturated heterocycles. The Morgan fingerprint density at radius 2 is 2.05 bits per heavy atom. The van der Waals surface area contributed by atoms with Crippen LogP contribution < -0.4 is 10.1 Å². The van der Waals surface area contributed by atoms with Crippen molar-refractivity contribution in [3.63, 3.8) is 0 Å². The smallest absolute Gasteiger partial charge is 0.416 e. The Hall–Kier alpha value is -2.18. The van der Waals surface area contributed by atoms with Gasteiger partial charge in [-0.05, 0) is 32.0 Å². The van der Waals surface area contributed by atoms with Crippen molar-refractivity contribution < 1.29 is 22.4 Å². The van der Waals surface area contributed by atoms with Gasteiger partial charge in [-0.2, -0.15) is 13.2 Å². The minimum Gasteiger partial charge on any atom is -0.492 e. The van der Waals surface area contributed by atoms with Crippen LogP contribution in [0.2, 0.25) is 0 Å². The van der Waals surface area contributed by atoms with Crippen LogP contribution in [0.1, 0.15) is 23.9 Å². The molecule has 2 rings (SSSR count). The van der Waals surface area contributed by atoms with Crippen molar-refractivity contribution in [3.8, 4) is 5.75 Å². The molecular weight excluding hydrogens is 285 g/mol. The van der Waals surface area contributed by atoms with Crippen molar-refractivity contribution in [1.29, 1.82) is 0 Å². The van der Waals surface area contributed by atoms with Gasteiger partial charge in [0.2, 0.25) is 0 Å². The van der Waals surface area contributed by atoms with Crippen molar-refractivity contribution in [3.05, 3.63) is 41.3 Å². The first-order valence-electron chi connectivity index (χ1n) is 6.40. The number of ether oxygens (including phenoxy) is 1. The molecule has 0 radical (unpaired) electrons. The van der Waals surface area contributed by atoms with Crippen LogP contribution >= 0.6 is 0 Å². The molecule has 0 saturated carbocycles. The minimum absolute atomic E-state index is 0.249. The number of aryl methyl sites for hydroxylation is 1. The lowest BCUT2D eigenvalue weighted by molar-refractivity contribution is -0.137. The first kappa shape index (κ1) is 15.2. The maximum Gasteiger partial charge on any atom is 0.416 e. The van der Waals surface area contributed by atoms with Crippen molar-refractivity contribution in [2.75, 3.05) is 11.9 Å². The molecular formula is C14H15F3N2O2. The van der Waals surface area contributed by atoms with Gasteiger partial charge in [0.1, 0.15) is 17.2 Å². The lowest BCUT2D eigenvalue weighted by atomic mass is 10.1. The molecule has 0 unspecified atom stereocenters. The molecule has 0 aliphatic rings. The first-order valence-corrected chi connectivity index (χ1v) is 6.40. The van der Waals surface area contributed by atoms with Crippen LogP contribution in [-0.4, -0.2) is 11.8 Å². The summed E-state index contributed by atoms with van der Waals surface area (Å²) in [6.07, 6.45) is -4.40. The standard InChI is InChI=1S/C14H15F3N2O2/c1-3-20-13-5-4-10(14(15,16)17)7-12(13)18-8-11-6-9(2)21-19-11/h4-7,18H,3,8H2,1-2H3. The van der Waals surface area contributed by atoms with Gasteiger partial charge in [-0.1, -0.05) is 5.16 Å². The van der Waals surface area contributed by atoms with E-state index < -0.39 is 11.7 Å². The van der Waals surface area contributed by atoms with Gasteiger partial charge in [0, 0.05) is 6.07 Å². The molecule has 0 amide bonds. The van der Waals surface area contributed by atoms with E-state index in [4.69, 9.17) is 9.26 Å². The number of anilines is 1. The summed E-state index contributed by atoms with van der Waals surface area (Å²) < 4.78 is 48.5. The number of nitrogens with one attached hydrogen (secondary N) is 1. The average molecular weight is 300 g/mol. The predicted molar refractivity (Wildman–Crippen MR) is 71.2 cm³/mol. The fourth-order valence-corrected chi connectivity index (χ4v) is 1.81. The monoisotopic (exact) mass is 300 g/mol. The Balaban J connectivity index is 2.21. The molecule has 1 aromatic heterocycles. The molecule has 114 valence electrons. The van der Waals surface area contributed by atoms with Crippen LogP contribution in [0.4, 0.5) is 18.9 Å². The second kappa shape index (κ2) is 6.07. The number of hydrogen-bond acceptors (Lipinski definition) is 4. The second-order valence-corrected chi connectivity index (χ2v) is 4.42. The molecule has 1 aromatic carbocycles. The van der Waals surface area contributed by atoms with E-state index in [1.54, 1.807) is 19.9 Å². The van der Waals surface area contributed by atoms with Gasteiger partial charge in [0.25, 0.3) is 0 Å². The van der Waals surface area contributed by atoms with E-state index in [0.717, 1.165) is 12.1 Å².